The van der Waals surface area contributed by atoms with Crippen LogP contribution in [0.4, 0.5) is 0 Å². The molecule has 3 nitrogen and oxygen atoms in total. The molecule has 0 bridgehead atoms. The molecule has 0 aliphatic heterocycles. The van der Waals surface area contributed by atoms with Gasteiger partial charge in [-0.05, 0) is 64.1 Å². The maximum absolute atomic E-state index is 12.1. The topological polar surface area (TPSA) is 29.5 Å². The highest BCUT2D eigenvalue weighted by atomic mass is 79.9. The normalized spacial score (nSPS) is 12.4. The first-order valence-corrected chi connectivity index (χ1v) is 15.2. The molecule has 0 saturated heterocycles. The van der Waals surface area contributed by atoms with E-state index in [4.69, 9.17) is 4.74 Å². The number of hydrogen-bond donors (Lipinski definition) is 0. The summed E-state index contributed by atoms with van der Waals surface area (Å²) < 4.78 is 5.54. The van der Waals surface area contributed by atoms with Crippen LogP contribution in [0.1, 0.15) is 136 Å². The number of hydrogen-bond acceptors (Lipinski definition) is 3. The van der Waals surface area contributed by atoms with Gasteiger partial charge in [-0.2, -0.15) is 0 Å². The predicted octanol–water partition coefficient (Wildman–Crippen LogP) is 8.92. The number of carbonyl (C=O) groups is 1. The van der Waals surface area contributed by atoms with Crippen LogP contribution >= 0.6 is 15.9 Å². The molecule has 192 valence electrons. The van der Waals surface area contributed by atoms with E-state index in [0.29, 0.717) is 18.9 Å². The molecule has 0 radical (unpaired) electrons. The number of nitrogens with zero attached hydrogens (tertiary/aromatic N) is 1. The van der Waals surface area contributed by atoms with Crippen LogP contribution in [0.2, 0.25) is 0 Å². The summed E-state index contributed by atoms with van der Waals surface area (Å²) in [5.74, 6) is 0.556. The van der Waals surface area contributed by atoms with Crippen molar-refractivity contribution in [2.24, 2.45) is 5.92 Å². The Morgan fingerprint density at radius 1 is 0.719 bits per heavy atom. The quantitative estimate of drug-likeness (QED) is 0.0686. The highest BCUT2D eigenvalue weighted by Crippen LogP contribution is 2.14. The van der Waals surface area contributed by atoms with Gasteiger partial charge in [0.1, 0.15) is 0 Å². The Morgan fingerprint density at radius 3 is 1.81 bits per heavy atom. The molecule has 0 N–H and O–H groups in total. The summed E-state index contributed by atoms with van der Waals surface area (Å²) in [7, 11) is 0. The van der Waals surface area contributed by atoms with E-state index in [1.165, 1.54) is 110 Å². The summed E-state index contributed by atoms with van der Waals surface area (Å²) in [6.07, 6.45) is 22.2. The van der Waals surface area contributed by atoms with Crippen LogP contribution in [-0.2, 0) is 9.53 Å². The molecule has 0 saturated carbocycles. The zero-order chi connectivity index (χ0) is 23.7. The fraction of sp³-hybridized carbons (Fsp3) is 0.964. The van der Waals surface area contributed by atoms with Crippen molar-refractivity contribution in [3.8, 4) is 0 Å². The van der Waals surface area contributed by atoms with Crippen LogP contribution in [0.25, 0.3) is 0 Å². The fourth-order valence-electron chi connectivity index (χ4n) is 4.20. The summed E-state index contributed by atoms with van der Waals surface area (Å²) in [6, 6.07) is 0. The smallest absolute Gasteiger partial charge is 0.305 e. The third kappa shape index (κ3) is 21.7. The molecule has 0 amide bonds. The predicted molar refractivity (Wildman–Crippen MR) is 145 cm³/mol. The van der Waals surface area contributed by atoms with Gasteiger partial charge in [0.25, 0.3) is 0 Å². The Labute approximate surface area is 209 Å². The minimum atomic E-state index is 0.0104. The van der Waals surface area contributed by atoms with Crippen molar-refractivity contribution < 1.29 is 9.53 Å². The zero-order valence-corrected chi connectivity index (χ0v) is 23.6. The third-order valence-electron chi connectivity index (χ3n) is 6.56. The maximum atomic E-state index is 12.1. The maximum Gasteiger partial charge on any atom is 0.305 e. The van der Waals surface area contributed by atoms with E-state index in [-0.39, 0.29) is 5.97 Å². The number of alkyl halides is 1. The summed E-state index contributed by atoms with van der Waals surface area (Å²) >= 11 is 3.52. The lowest BCUT2D eigenvalue weighted by Gasteiger charge is -2.22. The van der Waals surface area contributed by atoms with E-state index in [0.717, 1.165) is 24.6 Å². The Bertz CT molecular complexity index is 392. The largest absolute Gasteiger partial charge is 0.465 e. The zero-order valence-electron chi connectivity index (χ0n) is 22.0. The summed E-state index contributed by atoms with van der Waals surface area (Å²) in [6.45, 7) is 11.0. The minimum absolute atomic E-state index is 0.0104. The molecule has 0 heterocycles. The molecular weight excluding hydrogens is 462 g/mol. The number of halogens is 1. The average Bonchev–Trinajstić information content (AvgIpc) is 2.80. The van der Waals surface area contributed by atoms with E-state index in [1.54, 1.807) is 0 Å². The van der Waals surface area contributed by atoms with Crippen molar-refractivity contribution in [2.75, 3.05) is 31.6 Å². The third-order valence-corrected chi connectivity index (χ3v) is 7.13. The Kier molecular flexibility index (Phi) is 25.5. The fourth-order valence-corrected chi connectivity index (χ4v) is 4.59. The second-order valence-electron chi connectivity index (χ2n) is 9.62. The highest BCUT2D eigenvalue weighted by molar-refractivity contribution is 9.09. The lowest BCUT2D eigenvalue weighted by atomic mass is 10.0. The number of ether oxygens (including phenoxy) is 1. The molecule has 0 fully saturated rings. The van der Waals surface area contributed by atoms with Crippen molar-refractivity contribution in [3.63, 3.8) is 0 Å². The van der Waals surface area contributed by atoms with Crippen molar-refractivity contribution >= 4 is 21.9 Å². The van der Waals surface area contributed by atoms with Crippen molar-refractivity contribution in [2.45, 2.75) is 136 Å². The first-order chi connectivity index (χ1) is 15.7. The van der Waals surface area contributed by atoms with Crippen molar-refractivity contribution in [1.29, 1.82) is 0 Å². The highest BCUT2D eigenvalue weighted by Gasteiger charge is 2.10. The molecule has 1 atom stereocenters. The van der Waals surface area contributed by atoms with E-state index in [9.17, 15) is 4.79 Å². The minimum Gasteiger partial charge on any atom is -0.465 e. The average molecular weight is 519 g/mol. The Balaban J connectivity index is 3.94. The van der Waals surface area contributed by atoms with Crippen LogP contribution in [0.3, 0.4) is 0 Å². The van der Waals surface area contributed by atoms with Gasteiger partial charge in [-0.15, -0.1) is 0 Å². The van der Waals surface area contributed by atoms with E-state index >= 15 is 0 Å². The second kappa shape index (κ2) is 25.5. The molecule has 4 heteroatoms. The van der Waals surface area contributed by atoms with Crippen LogP contribution in [0.5, 0.6) is 0 Å². The van der Waals surface area contributed by atoms with Gasteiger partial charge < -0.3 is 9.64 Å². The number of rotatable bonds is 25. The van der Waals surface area contributed by atoms with E-state index < -0.39 is 0 Å². The van der Waals surface area contributed by atoms with Crippen LogP contribution in [0.15, 0.2) is 0 Å². The summed E-state index contributed by atoms with van der Waals surface area (Å²) in [4.78, 5) is 14.8. The molecule has 0 spiro atoms. The summed E-state index contributed by atoms with van der Waals surface area (Å²) in [5, 5.41) is 1.15. The van der Waals surface area contributed by atoms with Gasteiger partial charge in [-0.1, -0.05) is 107 Å². The van der Waals surface area contributed by atoms with Gasteiger partial charge >= 0.3 is 5.97 Å². The molecular formula is C28H56BrNO2. The van der Waals surface area contributed by atoms with Crippen molar-refractivity contribution in [1.82, 2.24) is 4.90 Å². The lowest BCUT2D eigenvalue weighted by Crippen LogP contribution is -2.27. The first-order valence-electron chi connectivity index (χ1n) is 14.1. The van der Waals surface area contributed by atoms with Gasteiger partial charge in [0, 0.05) is 11.8 Å². The van der Waals surface area contributed by atoms with Gasteiger partial charge in [-0.3, -0.25) is 4.79 Å². The molecule has 0 aliphatic carbocycles. The molecule has 1 unspecified atom stereocenters. The van der Waals surface area contributed by atoms with Crippen molar-refractivity contribution in [3.05, 3.63) is 0 Å². The number of esters is 1. The van der Waals surface area contributed by atoms with E-state index in [2.05, 4.69) is 41.6 Å². The van der Waals surface area contributed by atoms with Gasteiger partial charge in [0.05, 0.1) is 6.61 Å². The summed E-state index contributed by atoms with van der Waals surface area (Å²) in [5.41, 5.74) is 0. The molecule has 32 heavy (non-hydrogen) atoms. The number of carbonyl (C=O) groups excluding carboxylic acids is 1. The van der Waals surface area contributed by atoms with Gasteiger partial charge in [0.15, 0.2) is 0 Å². The first kappa shape index (κ1) is 31.9. The SMILES string of the molecule is CCCCCCN(CCCCCCCCBr)CCCCCC(=O)OCC(CC)CCCC. The van der Waals surface area contributed by atoms with Crippen LogP contribution in [-0.4, -0.2) is 42.4 Å². The Morgan fingerprint density at radius 2 is 1.25 bits per heavy atom. The molecule has 0 aromatic rings. The molecule has 0 aromatic heterocycles. The second-order valence-corrected chi connectivity index (χ2v) is 10.4. The molecule has 0 aromatic carbocycles. The van der Waals surface area contributed by atoms with Crippen LogP contribution < -0.4 is 0 Å². The lowest BCUT2D eigenvalue weighted by molar-refractivity contribution is -0.145. The van der Waals surface area contributed by atoms with E-state index in [1.807, 2.05) is 0 Å². The molecule has 0 aliphatic rings. The monoisotopic (exact) mass is 517 g/mol. The standard InChI is InChI=1S/C28H56BrNO2/c1-4-7-9-17-23-30(24-18-13-11-10-12-16-22-29)25-19-14-15-21-28(31)32-26-27(6-3)20-8-5-2/h27H,4-26H2,1-3H3. The van der Waals surface area contributed by atoms with Crippen LogP contribution in [0, 0.1) is 5.92 Å². The molecule has 0 rings (SSSR count). The van der Waals surface area contributed by atoms with Gasteiger partial charge in [-0.25, -0.2) is 0 Å². The number of unbranched alkanes of at least 4 members (excludes halogenated alkanes) is 11. The Hall–Kier alpha value is -0.0900. The van der Waals surface area contributed by atoms with Gasteiger partial charge in [0.2, 0.25) is 0 Å².